The topological polar surface area (TPSA) is 80.9 Å². The molecule has 7 rings (SSSR count). The SMILES string of the molecule is Oc1ccc([S+](c2ccc(O)cc2)c2ccc3c(c2)-c2ccccc2C3(c2ccc(O)cc2)c2ccc(O)cc2)cc1. The minimum atomic E-state index is -0.665. The highest BCUT2D eigenvalue weighted by molar-refractivity contribution is 7.97. The first-order chi connectivity index (χ1) is 20.4. The Morgan fingerprint density at radius 3 is 1.29 bits per heavy atom. The van der Waals surface area contributed by atoms with Gasteiger partial charge >= 0.3 is 0 Å². The molecule has 1 aliphatic rings. The summed E-state index contributed by atoms with van der Waals surface area (Å²) in [7, 11) is -0.509. The minimum Gasteiger partial charge on any atom is -0.508 e. The van der Waals surface area contributed by atoms with E-state index < -0.39 is 16.3 Å². The third-order valence-electron chi connectivity index (χ3n) is 8.00. The summed E-state index contributed by atoms with van der Waals surface area (Å²) < 4.78 is 0. The zero-order valence-electron chi connectivity index (χ0n) is 22.5. The number of hydrogen-bond donors (Lipinski definition) is 4. The molecule has 0 aromatic heterocycles. The molecule has 0 amide bonds. The maximum Gasteiger partial charge on any atom is 0.167 e. The fourth-order valence-electron chi connectivity index (χ4n) is 6.17. The van der Waals surface area contributed by atoms with E-state index in [1.54, 1.807) is 48.5 Å². The van der Waals surface area contributed by atoms with Crippen LogP contribution in [0.4, 0.5) is 0 Å². The van der Waals surface area contributed by atoms with Crippen LogP contribution in [-0.2, 0) is 16.3 Å². The van der Waals surface area contributed by atoms with Crippen molar-refractivity contribution in [3.63, 3.8) is 0 Å². The van der Waals surface area contributed by atoms with Gasteiger partial charge in [0.2, 0.25) is 0 Å². The Balaban J connectivity index is 1.50. The van der Waals surface area contributed by atoms with Crippen molar-refractivity contribution >= 4 is 10.9 Å². The maximum atomic E-state index is 10.2. The number of rotatable bonds is 5. The Labute approximate surface area is 246 Å². The Morgan fingerprint density at radius 2 is 0.786 bits per heavy atom. The molecule has 6 aromatic rings. The first-order valence-corrected chi connectivity index (χ1v) is 14.8. The smallest absolute Gasteiger partial charge is 0.167 e. The molecule has 1 aliphatic carbocycles. The average molecular weight is 568 g/mol. The Kier molecular flexibility index (Phi) is 6.18. The summed E-state index contributed by atoms with van der Waals surface area (Å²) in [5.74, 6) is 0.827. The third kappa shape index (κ3) is 4.09. The zero-order chi connectivity index (χ0) is 28.8. The van der Waals surface area contributed by atoms with E-state index in [4.69, 9.17) is 0 Å². The molecule has 0 atom stereocenters. The number of aromatic hydroxyl groups is 4. The van der Waals surface area contributed by atoms with Gasteiger partial charge in [-0.05, 0) is 112 Å². The molecule has 0 fully saturated rings. The van der Waals surface area contributed by atoms with Gasteiger partial charge in [0.05, 0.1) is 16.3 Å². The molecular formula is C37H27O4S+. The lowest BCUT2D eigenvalue weighted by molar-refractivity contribution is 0.474. The van der Waals surface area contributed by atoms with Gasteiger partial charge in [-0.25, -0.2) is 0 Å². The molecule has 0 saturated carbocycles. The first kappa shape index (κ1) is 25.8. The summed E-state index contributed by atoms with van der Waals surface area (Å²) in [4.78, 5) is 3.20. The van der Waals surface area contributed by atoms with E-state index in [-0.39, 0.29) is 23.0 Å². The van der Waals surface area contributed by atoms with Gasteiger partial charge in [-0.2, -0.15) is 0 Å². The van der Waals surface area contributed by atoms with E-state index in [9.17, 15) is 20.4 Å². The van der Waals surface area contributed by atoms with Gasteiger partial charge in [-0.3, -0.25) is 0 Å². The third-order valence-corrected chi connectivity index (χ3v) is 10.2. The second kappa shape index (κ2) is 10.1. The second-order valence-corrected chi connectivity index (χ2v) is 12.4. The van der Waals surface area contributed by atoms with Crippen molar-refractivity contribution in [2.45, 2.75) is 20.1 Å². The molecule has 0 radical (unpaired) electrons. The lowest BCUT2D eigenvalue weighted by Crippen LogP contribution is -2.28. The molecule has 6 aromatic carbocycles. The Bertz CT molecular complexity index is 1800. The van der Waals surface area contributed by atoms with E-state index in [0.29, 0.717) is 0 Å². The molecule has 5 heteroatoms. The molecule has 0 aliphatic heterocycles. The molecule has 0 saturated heterocycles. The summed E-state index contributed by atoms with van der Waals surface area (Å²) in [6.45, 7) is 0. The molecule has 4 N–H and O–H groups in total. The number of fused-ring (bicyclic) bond motifs is 3. The van der Waals surface area contributed by atoms with Crippen LogP contribution in [0.15, 0.2) is 154 Å². The molecule has 0 unspecified atom stereocenters. The van der Waals surface area contributed by atoms with Crippen molar-refractivity contribution in [2.24, 2.45) is 0 Å². The number of phenolic OH excluding ortho intramolecular Hbond substituents is 4. The molecule has 0 spiro atoms. The lowest BCUT2D eigenvalue weighted by atomic mass is 9.68. The summed E-state index contributed by atoms with van der Waals surface area (Å²) in [6.07, 6.45) is 0. The van der Waals surface area contributed by atoms with Crippen LogP contribution in [0.3, 0.4) is 0 Å². The van der Waals surface area contributed by atoms with E-state index >= 15 is 0 Å². The van der Waals surface area contributed by atoms with Gasteiger partial charge in [0.1, 0.15) is 23.0 Å². The molecule has 4 nitrogen and oxygen atoms in total. The molecule has 0 heterocycles. The summed E-state index contributed by atoms with van der Waals surface area (Å²) >= 11 is 0. The predicted molar refractivity (Wildman–Crippen MR) is 165 cm³/mol. The fourth-order valence-corrected chi connectivity index (χ4v) is 8.25. The normalized spacial score (nSPS) is 13.1. The van der Waals surface area contributed by atoms with Crippen LogP contribution in [0.5, 0.6) is 23.0 Å². The van der Waals surface area contributed by atoms with Gasteiger partial charge in [0, 0.05) is 6.07 Å². The van der Waals surface area contributed by atoms with E-state index in [1.165, 1.54) is 0 Å². The van der Waals surface area contributed by atoms with Crippen LogP contribution in [0.1, 0.15) is 22.3 Å². The zero-order valence-corrected chi connectivity index (χ0v) is 23.3. The minimum absolute atomic E-state index is 0.202. The highest BCUT2D eigenvalue weighted by Crippen LogP contribution is 2.57. The van der Waals surface area contributed by atoms with Crippen LogP contribution in [-0.4, -0.2) is 20.4 Å². The Hall–Kier alpha value is -5.13. The van der Waals surface area contributed by atoms with Crippen molar-refractivity contribution in [3.8, 4) is 34.1 Å². The Morgan fingerprint density at radius 1 is 0.381 bits per heavy atom. The molecule has 0 bridgehead atoms. The standard InChI is InChI=1S/C37H26O4S/c38-26-9-5-24(6-10-26)37(25-7-11-27(39)12-8-25)35-4-2-1-3-33(35)34-23-32(21-22-36(34)37)42(30-17-13-28(40)14-18-30)31-19-15-29(41)16-20-31/h1-23H,(H3-,38,39,40,41)/p+1. The van der Waals surface area contributed by atoms with Crippen LogP contribution in [0.2, 0.25) is 0 Å². The van der Waals surface area contributed by atoms with Gasteiger partial charge in [0.15, 0.2) is 14.7 Å². The van der Waals surface area contributed by atoms with Gasteiger partial charge < -0.3 is 20.4 Å². The van der Waals surface area contributed by atoms with Gasteiger partial charge in [-0.15, -0.1) is 0 Å². The second-order valence-electron chi connectivity index (χ2n) is 10.4. The van der Waals surface area contributed by atoms with Crippen LogP contribution in [0, 0.1) is 0 Å². The summed E-state index contributed by atoms with van der Waals surface area (Å²) in [5, 5.41) is 40.3. The maximum absolute atomic E-state index is 10.2. The van der Waals surface area contributed by atoms with Crippen molar-refractivity contribution in [1.29, 1.82) is 0 Å². The van der Waals surface area contributed by atoms with Gasteiger partial charge in [0.25, 0.3) is 0 Å². The number of phenols is 4. The lowest BCUT2D eigenvalue weighted by Gasteiger charge is -2.33. The quantitative estimate of drug-likeness (QED) is 0.159. The van der Waals surface area contributed by atoms with Gasteiger partial charge in [-0.1, -0.05) is 54.6 Å². The molecular weight excluding hydrogens is 540 g/mol. The highest BCUT2D eigenvalue weighted by Gasteiger charge is 2.47. The van der Waals surface area contributed by atoms with Crippen molar-refractivity contribution in [1.82, 2.24) is 0 Å². The van der Waals surface area contributed by atoms with Crippen molar-refractivity contribution in [3.05, 3.63) is 162 Å². The number of benzene rings is 6. The fraction of sp³-hybridized carbons (Fsp3) is 0.0270. The highest BCUT2D eigenvalue weighted by atomic mass is 32.2. The van der Waals surface area contributed by atoms with Crippen molar-refractivity contribution < 1.29 is 20.4 Å². The molecule has 204 valence electrons. The summed E-state index contributed by atoms with van der Waals surface area (Å²) in [5.41, 5.74) is 5.84. The predicted octanol–water partition coefficient (Wildman–Crippen LogP) is 7.97. The van der Waals surface area contributed by atoms with E-state index in [1.807, 2.05) is 48.5 Å². The largest absolute Gasteiger partial charge is 0.508 e. The van der Waals surface area contributed by atoms with Crippen molar-refractivity contribution in [2.75, 3.05) is 0 Å². The van der Waals surface area contributed by atoms with Crippen LogP contribution in [0.25, 0.3) is 11.1 Å². The monoisotopic (exact) mass is 567 g/mol. The number of hydrogen-bond acceptors (Lipinski definition) is 4. The van der Waals surface area contributed by atoms with Crippen LogP contribution >= 0.6 is 0 Å². The van der Waals surface area contributed by atoms with E-state index in [0.717, 1.165) is 48.1 Å². The first-order valence-electron chi connectivity index (χ1n) is 13.6. The molecule has 42 heavy (non-hydrogen) atoms. The van der Waals surface area contributed by atoms with E-state index in [2.05, 4.69) is 42.5 Å². The van der Waals surface area contributed by atoms with Crippen LogP contribution < -0.4 is 0 Å². The summed E-state index contributed by atoms with van der Waals surface area (Å²) in [6, 6.07) is 44.5. The average Bonchev–Trinajstić information content (AvgIpc) is 3.31.